The van der Waals surface area contributed by atoms with Gasteiger partial charge in [0.2, 0.25) is 5.91 Å². The van der Waals surface area contributed by atoms with Gasteiger partial charge < -0.3 is 16.0 Å². The van der Waals surface area contributed by atoms with Crippen LogP contribution in [0.5, 0.6) is 0 Å². The Labute approximate surface area is 117 Å². The largest absolute Gasteiger partial charge is 0.399 e. The minimum Gasteiger partial charge on any atom is -0.399 e. The highest BCUT2D eigenvalue weighted by molar-refractivity contribution is 5.91. The van der Waals surface area contributed by atoms with Crippen LogP contribution in [0.25, 0.3) is 6.08 Å². The lowest BCUT2D eigenvalue weighted by molar-refractivity contribution is -0.117. The van der Waals surface area contributed by atoms with Gasteiger partial charge in [0.15, 0.2) is 0 Å². The molecule has 20 heavy (non-hydrogen) atoms. The molecular formula is C15H18N4O. The number of hydrogen-bond donors (Lipinski definition) is 3. The first-order valence-corrected chi connectivity index (χ1v) is 6.52. The van der Waals surface area contributed by atoms with Gasteiger partial charge in [-0.3, -0.25) is 4.79 Å². The molecule has 0 saturated heterocycles. The monoisotopic (exact) mass is 270 g/mol. The molecule has 2 aromatic rings. The second-order valence-corrected chi connectivity index (χ2v) is 4.44. The van der Waals surface area contributed by atoms with Crippen LogP contribution in [0, 0.1) is 0 Å². The summed E-state index contributed by atoms with van der Waals surface area (Å²) < 4.78 is 0. The number of benzene rings is 1. The molecule has 0 fully saturated rings. The molecule has 1 aromatic carbocycles. The van der Waals surface area contributed by atoms with Crippen LogP contribution in [0.1, 0.15) is 30.8 Å². The highest BCUT2D eigenvalue weighted by atomic mass is 16.1. The summed E-state index contributed by atoms with van der Waals surface area (Å²) in [5.74, 6) is 0.617. The smallest absolute Gasteiger partial charge is 0.244 e. The predicted molar refractivity (Wildman–Crippen MR) is 79.7 cm³/mol. The van der Waals surface area contributed by atoms with Crippen LogP contribution >= 0.6 is 0 Å². The number of nitrogens with one attached hydrogen (secondary N) is 2. The Morgan fingerprint density at radius 3 is 2.80 bits per heavy atom. The Bertz CT molecular complexity index is 572. The van der Waals surface area contributed by atoms with E-state index in [-0.39, 0.29) is 11.9 Å². The number of H-pyrrole nitrogens is 1. The standard InChI is InChI=1S/C15H18N4O/c1-2-13(15-17-9-10-18-15)19-14(20)8-5-11-3-6-12(16)7-4-11/h3-10,13H,2,16H2,1H3,(H,17,18)(H,19,20)/b8-5+. The first-order valence-electron chi connectivity index (χ1n) is 6.52. The molecule has 2 rings (SSSR count). The number of rotatable bonds is 5. The fourth-order valence-electron chi connectivity index (χ4n) is 1.83. The van der Waals surface area contributed by atoms with Gasteiger partial charge in [0.1, 0.15) is 5.82 Å². The maximum absolute atomic E-state index is 11.9. The predicted octanol–water partition coefficient (Wildman–Crippen LogP) is 2.27. The number of carbonyl (C=O) groups excluding carboxylic acids is 1. The van der Waals surface area contributed by atoms with Crippen LogP contribution in [0.3, 0.4) is 0 Å². The molecule has 1 heterocycles. The molecule has 0 radical (unpaired) electrons. The number of carbonyl (C=O) groups is 1. The van der Waals surface area contributed by atoms with E-state index in [1.807, 2.05) is 19.1 Å². The van der Waals surface area contributed by atoms with Gasteiger partial charge in [-0.15, -0.1) is 0 Å². The van der Waals surface area contributed by atoms with Gasteiger partial charge >= 0.3 is 0 Å². The van der Waals surface area contributed by atoms with Crippen LogP contribution in [0.2, 0.25) is 0 Å². The zero-order valence-electron chi connectivity index (χ0n) is 11.3. The first kappa shape index (κ1) is 13.9. The van der Waals surface area contributed by atoms with Crippen molar-refractivity contribution in [1.82, 2.24) is 15.3 Å². The van der Waals surface area contributed by atoms with Crippen molar-refractivity contribution in [3.8, 4) is 0 Å². The number of amides is 1. The van der Waals surface area contributed by atoms with Crippen molar-refractivity contribution in [3.63, 3.8) is 0 Å². The highest BCUT2D eigenvalue weighted by Gasteiger charge is 2.12. The first-order chi connectivity index (χ1) is 9.69. The summed E-state index contributed by atoms with van der Waals surface area (Å²) in [6.45, 7) is 2.00. The minimum atomic E-state index is -0.148. The number of aromatic nitrogens is 2. The van der Waals surface area contributed by atoms with E-state index >= 15 is 0 Å². The van der Waals surface area contributed by atoms with E-state index in [9.17, 15) is 4.79 Å². The van der Waals surface area contributed by atoms with Crippen LogP contribution in [-0.4, -0.2) is 15.9 Å². The van der Waals surface area contributed by atoms with Crippen LogP contribution < -0.4 is 11.1 Å². The number of hydrogen-bond acceptors (Lipinski definition) is 3. The van der Waals surface area contributed by atoms with Gasteiger partial charge in [-0.1, -0.05) is 19.1 Å². The van der Waals surface area contributed by atoms with E-state index in [2.05, 4.69) is 15.3 Å². The zero-order valence-corrected chi connectivity index (χ0v) is 11.3. The molecule has 0 bridgehead atoms. The summed E-state index contributed by atoms with van der Waals surface area (Å²) in [6, 6.07) is 7.23. The summed E-state index contributed by atoms with van der Waals surface area (Å²) in [5.41, 5.74) is 7.24. The van der Waals surface area contributed by atoms with E-state index in [0.29, 0.717) is 5.69 Å². The molecule has 0 aliphatic rings. The lowest BCUT2D eigenvalue weighted by atomic mass is 10.2. The molecule has 1 amide bonds. The number of aromatic amines is 1. The van der Waals surface area contributed by atoms with E-state index < -0.39 is 0 Å². The lowest BCUT2D eigenvalue weighted by Crippen LogP contribution is -2.27. The fourth-order valence-corrected chi connectivity index (χ4v) is 1.83. The molecule has 1 unspecified atom stereocenters. The van der Waals surface area contributed by atoms with Gasteiger partial charge in [-0.2, -0.15) is 0 Å². The summed E-state index contributed by atoms with van der Waals surface area (Å²) in [7, 11) is 0. The van der Waals surface area contributed by atoms with Crippen molar-refractivity contribution < 1.29 is 4.79 Å². The molecule has 0 aliphatic carbocycles. The van der Waals surface area contributed by atoms with E-state index in [0.717, 1.165) is 17.8 Å². The second kappa shape index (κ2) is 6.56. The maximum Gasteiger partial charge on any atom is 0.244 e. The Morgan fingerprint density at radius 2 is 2.20 bits per heavy atom. The topological polar surface area (TPSA) is 83.8 Å². The lowest BCUT2D eigenvalue weighted by Gasteiger charge is -2.12. The maximum atomic E-state index is 11.9. The van der Waals surface area contributed by atoms with Crippen LogP contribution in [0.15, 0.2) is 42.7 Å². The summed E-state index contributed by atoms with van der Waals surface area (Å²) in [5, 5.41) is 2.91. The fraction of sp³-hybridized carbons (Fsp3) is 0.200. The van der Waals surface area contributed by atoms with Gasteiger partial charge in [-0.05, 0) is 30.2 Å². The van der Waals surface area contributed by atoms with Gasteiger partial charge in [0.05, 0.1) is 6.04 Å². The molecule has 0 spiro atoms. The van der Waals surface area contributed by atoms with E-state index in [1.54, 1.807) is 30.6 Å². The number of imidazole rings is 1. The number of nitrogen functional groups attached to an aromatic ring is 1. The van der Waals surface area contributed by atoms with E-state index in [1.165, 1.54) is 6.08 Å². The van der Waals surface area contributed by atoms with Crippen molar-refractivity contribution in [2.45, 2.75) is 19.4 Å². The molecule has 1 aromatic heterocycles. The van der Waals surface area contributed by atoms with Crippen molar-refractivity contribution in [2.24, 2.45) is 0 Å². The average Bonchev–Trinajstić information content (AvgIpc) is 2.98. The van der Waals surface area contributed by atoms with Crippen LogP contribution in [-0.2, 0) is 4.79 Å². The SMILES string of the molecule is CCC(NC(=O)/C=C/c1ccc(N)cc1)c1ncc[nH]1. The summed E-state index contributed by atoms with van der Waals surface area (Å²) in [6.07, 6.45) is 7.46. The van der Waals surface area contributed by atoms with Crippen molar-refractivity contribution in [3.05, 3.63) is 54.1 Å². The minimum absolute atomic E-state index is 0.103. The Balaban J connectivity index is 1.96. The normalized spacial score (nSPS) is 12.4. The Kier molecular flexibility index (Phi) is 4.55. The molecule has 5 heteroatoms. The summed E-state index contributed by atoms with van der Waals surface area (Å²) >= 11 is 0. The molecule has 104 valence electrons. The Morgan fingerprint density at radius 1 is 1.45 bits per heavy atom. The Hall–Kier alpha value is -2.56. The number of nitrogens with zero attached hydrogens (tertiary/aromatic N) is 1. The average molecular weight is 270 g/mol. The van der Waals surface area contributed by atoms with Gasteiger partial charge in [0.25, 0.3) is 0 Å². The highest BCUT2D eigenvalue weighted by Crippen LogP contribution is 2.11. The molecule has 4 N–H and O–H groups in total. The van der Waals surface area contributed by atoms with E-state index in [4.69, 9.17) is 5.73 Å². The van der Waals surface area contributed by atoms with Crippen LogP contribution in [0.4, 0.5) is 5.69 Å². The molecule has 0 aliphatic heterocycles. The second-order valence-electron chi connectivity index (χ2n) is 4.44. The van der Waals surface area contributed by atoms with Gasteiger partial charge in [0, 0.05) is 24.2 Å². The number of anilines is 1. The van der Waals surface area contributed by atoms with Crippen molar-refractivity contribution in [1.29, 1.82) is 0 Å². The summed E-state index contributed by atoms with van der Waals surface area (Å²) in [4.78, 5) is 19.1. The van der Waals surface area contributed by atoms with Gasteiger partial charge in [-0.25, -0.2) is 4.98 Å². The third kappa shape index (κ3) is 3.71. The molecule has 0 saturated carbocycles. The number of nitrogens with two attached hydrogens (primary N) is 1. The van der Waals surface area contributed by atoms with Crippen molar-refractivity contribution in [2.75, 3.05) is 5.73 Å². The van der Waals surface area contributed by atoms with Crippen molar-refractivity contribution >= 4 is 17.7 Å². The third-order valence-electron chi connectivity index (χ3n) is 2.94. The molecule has 5 nitrogen and oxygen atoms in total. The third-order valence-corrected chi connectivity index (χ3v) is 2.94. The zero-order chi connectivity index (χ0) is 14.4. The quantitative estimate of drug-likeness (QED) is 0.575. The molecular weight excluding hydrogens is 252 g/mol. The molecule has 1 atom stereocenters.